The van der Waals surface area contributed by atoms with Crippen LogP contribution in [0, 0.1) is 26.6 Å². The van der Waals surface area contributed by atoms with Gasteiger partial charge in [-0.25, -0.2) is 14.0 Å². The first-order valence-corrected chi connectivity index (χ1v) is 13.3. The van der Waals surface area contributed by atoms with Crippen molar-refractivity contribution < 1.29 is 13.6 Å². The minimum Gasteiger partial charge on any atom is -0.421 e. The predicted molar refractivity (Wildman–Crippen MR) is 156 cm³/mol. The molecule has 1 fully saturated rings. The Hall–Kier alpha value is -4.40. The molecule has 9 heteroatoms. The van der Waals surface area contributed by atoms with E-state index in [-0.39, 0.29) is 45.5 Å². The highest BCUT2D eigenvalue weighted by atomic mass is 19.1. The molecule has 2 aromatic carbocycles. The predicted octanol–water partition coefficient (Wildman–Crippen LogP) is 6.68. The molecule has 40 heavy (non-hydrogen) atoms. The zero-order valence-electron chi connectivity index (χ0n) is 23.5. The van der Waals surface area contributed by atoms with E-state index in [1.165, 1.54) is 6.07 Å². The number of anilines is 3. The Balaban J connectivity index is 1.74. The third-order valence-corrected chi connectivity index (χ3v) is 6.93. The second kappa shape index (κ2) is 9.97. The molecule has 1 aliphatic carbocycles. The van der Waals surface area contributed by atoms with Crippen LogP contribution < -0.4 is 27.1 Å². The van der Waals surface area contributed by atoms with Crippen LogP contribution in [0.3, 0.4) is 0 Å². The quantitative estimate of drug-likeness (QED) is 0.260. The normalized spacial score (nSPS) is 13.4. The molecule has 2 heterocycles. The molecule has 4 aromatic rings. The molecule has 1 aliphatic rings. The first kappa shape index (κ1) is 27.2. The third-order valence-electron chi connectivity index (χ3n) is 6.93. The Kier molecular flexibility index (Phi) is 6.77. The number of nitrogens with one attached hydrogen (secondary N) is 3. The summed E-state index contributed by atoms with van der Waals surface area (Å²) in [7, 11) is 0. The average molecular weight is 545 g/mol. The highest BCUT2D eigenvalue weighted by molar-refractivity contribution is 6.02. The van der Waals surface area contributed by atoms with Crippen LogP contribution in [0.2, 0.25) is 0 Å². The van der Waals surface area contributed by atoms with Gasteiger partial charge in [0.05, 0.1) is 16.9 Å². The Morgan fingerprint density at radius 2 is 1.77 bits per heavy atom. The van der Waals surface area contributed by atoms with Gasteiger partial charge in [-0.3, -0.25) is 4.79 Å². The van der Waals surface area contributed by atoms with Crippen molar-refractivity contribution in [2.24, 2.45) is 0 Å². The lowest BCUT2D eigenvalue weighted by Gasteiger charge is -2.21. The van der Waals surface area contributed by atoms with Gasteiger partial charge in [0.2, 0.25) is 0 Å². The number of aromatic nitrogens is 1. The minimum atomic E-state index is -0.634. The van der Waals surface area contributed by atoms with Crippen molar-refractivity contribution in [3.8, 4) is 11.1 Å². The Bertz CT molecular complexity index is 1780. The second-order valence-corrected chi connectivity index (χ2v) is 11.5. The van der Waals surface area contributed by atoms with Gasteiger partial charge < -0.3 is 24.9 Å². The molecule has 0 unspecified atom stereocenters. The lowest BCUT2D eigenvalue weighted by molar-refractivity contribution is 0.244. The Labute approximate surface area is 231 Å². The fourth-order valence-electron chi connectivity index (χ4n) is 4.94. The number of nitrogens with zero attached hydrogens (tertiary/aromatic N) is 1. The number of hydrogen-bond acceptors (Lipinski definition) is 5. The number of pyridine rings is 1. The van der Waals surface area contributed by atoms with Gasteiger partial charge in [0.1, 0.15) is 11.2 Å². The molecule has 1 saturated carbocycles. The highest BCUT2D eigenvalue weighted by Crippen LogP contribution is 2.41. The van der Waals surface area contributed by atoms with E-state index < -0.39 is 17.0 Å². The van der Waals surface area contributed by atoms with Crippen LogP contribution in [0.1, 0.15) is 56.5 Å². The van der Waals surface area contributed by atoms with Gasteiger partial charge in [0.25, 0.3) is 5.56 Å². The highest BCUT2D eigenvalue weighted by Gasteiger charge is 2.31. The van der Waals surface area contributed by atoms with Gasteiger partial charge in [0.15, 0.2) is 5.58 Å². The molecule has 0 radical (unpaired) electrons. The molecule has 0 spiro atoms. The Morgan fingerprint density at radius 1 is 1.05 bits per heavy atom. The summed E-state index contributed by atoms with van der Waals surface area (Å²) in [4.78, 5) is 39.6. The largest absolute Gasteiger partial charge is 0.421 e. The number of carbonyl (C=O) groups is 1. The summed E-state index contributed by atoms with van der Waals surface area (Å²) < 4.78 is 22.4. The van der Waals surface area contributed by atoms with E-state index in [1.54, 1.807) is 48.7 Å². The van der Waals surface area contributed by atoms with Crippen LogP contribution in [0.25, 0.3) is 22.1 Å². The molecule has 0 saturated heterocycles. The van der Waals surface area contributed by atoms with Crippen molar-refractivity contribution >= 4 is 34.1 Å². The smallest absolute Gasteiger partial charge is 0.341 e. The molecule has 8 nitrogen and oxygen atoms in total. The number of benzene rings is 2. The van der Waals surface area contributed by atoms with Crippen molar-refractivity contribution in [2.45, 2.75) is 66.0 Å². The number of urea groups is 1. The zero-order valence-corrected chi connectivity index (χ0v) is 23.5. The molecule has 2 aromatic heterocycles. The molecule has 0 bridgehead atoms. The summed E-state index contributed by atoms with van der Waals surface area (Å²) in [6.07, 6.45) is 1.71. The van der Waals surface area contributed by atoms with E-state index in [2.05, 4.69) is 16.0 Å². The number of fused-ring (bicyclic) bond motifs is 1. The lowest BCUT2D eigenvalue weighted by Crippen LogP contribution is -2.43. The van der Waals surface area contributed by atoms with Crippen LogP contribution >= 0.6 is 0 Å². The van der Waals surface area contributed by atoms with Crippen molar-refractivity contribution in [3.63, 3.8) is 0 Å². The topological polar surface area (TPSA) is 105 Å². The lowest BCUT2D eigenvalue weighted by atomic mass is 9.99. The number of rotatable bonds is 5. The van der Waals surface area contributed by atoms with Crippen LogP contribution in [0.15, 0.2) is 56.5 Å². The standard InChI is InChI=1S/C31H33FN4O4/c1-16-10-13-23(22(32)14-16)34-26-17(2)29(38)40-27-24(18(3)36(21-11-12-21)28(37)25(26)27)19-8-7-9-20(15-19)33-30(39)35-31(4,5)6/h7-10,13-15,21,34H,11-12H2,1-6H3,(H2,33,35,39). The van der Waals surface area contributed by atoms with Gasteiger partial charge in [-0.2, -0.15) is 0 Å². The molecular formula is C31H33FN4O4. The van der Waals surface area contributed by atoms with Gasteiger partial charge >= 0.3 is 11.7 Å². The fourth-order valence-corrected chi connectivity index (χ4v) is 4.94. The molecule has 3 N–H and O–H groups in total. The summed E-state index contributed by atoms with van der Waals surface area (Å²) in [5, 5.41) is 8.91. The van der Waals surface area contributed by atoms with Crippen molar-refractivity contribution in [1.82, 2.24) is 9.88 Å². The molecule has 0 atom stereocenters. The maximum Gasteiger partial charge on any atom is 0.341 e. The van der Waals surface area contributed by atoms with Crippen molar-refractivity contribution in [2.75, 3.05) is 10.6 Å². The third kappa shape index (κ3) is 5.23. The summed E-state index contributed by atoms with van der Waals surface area (Å²) >= 11 is 0. The van der Waals surface area contributed by atoms with Gasteiger partial charge in [0, 0.05) is 28.5 Å². The van der Waals surface area contributed by atoms with Gasteiger partial charge in [-0.05, 0) is 89.8 Å². The van der Waals surface area contributed by atoms with E-state index in [9.17, 15) is 18.8 Å². The number of amides is 2. The zero-order chi connectivity index (χ0) is 28.9. The van der Waals surface area contributed by atoms with Gasteiger partial charge in [-0.1, -0.05) is 18.2 Å². The van der Waals surface area contributed by atoms with Crippen LogP contribution in [-0.4, -0.2) is 16.1 Å². The molecule has 2 amide bonds. The number of halogens is 1. The summed E-state index contributed by atoms with van der Waals surface area (Å²) in [6, 6.07) is 11.5. The van der Waals surface area contributed by atoms with E-state index >= 15 is 0 Å². The van der Waals surface area contributed by atoms with Crippen molar-refractivity contribution in [1.29, 1.82) is 0 Å². The first-order valence-electron chi connectivity index (χ1n) is 13.3. The molecule has 0 aliphatic heterocycles. The number of carbonyl (C=O) groups excluding carboxylic acids is 1. The summed E-state index contributed by atoms with van der Waals surface area (Å²) in [6.45, 7) is 10.8. The summed E-state index contributed by atoms with van der Waals surface area (Å²) in [5.41, 5.74) is 2.44. The number of hydrogen-bond donors (Lipinski definition) is 3. The van der Waals surface area contributed by atoms with Crippen molar-refractivity contribution in [3.05, 3.63) is 85.9 Å². The molecule has 208 valence electrons. The minimum absolute atomic E-state index is 0.0192. The van der Waals surface area contributed by atoms with E-state index in [0.29, 0.717) is 22.5 Å². The summed E-state index contributed by atoms with van der Waals surface area (Å²) in [5.74, 6) is -0.497. The van der Waals surface area contributed by atoms with E-state index in [4.69, 9.17) is 4.42 Å². The average Bonchev–Trinajstić information content (AvgIpc) is 3.67. The first-order chi connectivity index (χ1) is 18.8. The monoisotopic (exact) mass is 544 g/mol. The van der Waals surface area contributed by atoms with Crippen LogP contribution in [-0.2, 0) is 0 Å². The van der Waals surface area contributed by atoms with Crippen LogP contribution in [0.4, 0.5) is 26.2 Å². The molecule has 5 rings (SSSR count). The SMILES string of the molecule is Cc1ccc(Nc2c(C)c(=O)oc3c(-c4cccc(NC(=O)NC(C)(C)C)c4)c(C)n(C4CC4)c(=O)c23)c(F)c1. The number of aryl methyl sites for hydroxylation is 1. The van der Waals surface area contributed by atoms with E-state index in [0.717, 1.165) is 18.4 Å². The van der Waals surface area contributed by atoms with E-state index in [1.807, 2.05) is 33.8 Å². The molecular weight excluding hydrogens is 511 g/mol. The Morgan fingerprint density at radius 3 is 2.42 bits per heavy atom. The maximum absolute atomic E-state index is 14.9. The van der Waals surface area contributed by atoms with Crippen LogP contribution in [0.5, 0.6) is 0 Å². The van der Waals surface area contributed by atoms with Gasteiger partial charge in [-0.15, -0.1) is 0 Å². The second-order valence-electron chi connectivity index (χ2n) is 11.5. The fraction of sp³-hybridized carbons (Fsp3) is 0.323. The maximum atomic E-state index is 14.9.